The first kappa shape index (κ1) is 18.0. The minimum absolute atomic E-state index is 0.0543. The summed E-state index contributed by atoms with van der Waals surface area (Å²) in [4.78, 5) is 38.2. The van der Waals surface area contributed by atoms with Gasteiger partial charge in [-0.15, -0.1) is 0 Å². The first-order valence-electron chi connectivity index (χ1n) is 8.57. The van der Waals surface area contributed by atoms with Gasteiger partial charge in [-0.3, -0.25) is 19.3 Å². The second-order valence-electron chi connectivity index (χ2n) is 6.35. The number of fused-ring (bicyclic) bond motifs is 1. The van der Waals surface area contributed by atoms with E-state index in [-0.39, 0.29) is 42.5 Å². The van der Waals surface area contributed by atoms with Gasteiger partial charge in [0.25, 0.3) is 0 Å². The summed E-state index contributed by atoms with van der Waals surface area (Å²) in [5.74, 6) is -0.0538. The summed E-state index contributed by atoms with van der Waals surface area (Å²) < 4.78 is 10.4. The molecule has 3 rings (SSSR count). The number of hydrogen-bond acceptors (Lipinski definition) is 5. The first-order valence-corrected chi connectivity index (χ1v) is 8.57. The van der Waals surface area contributed by atoms with Crippen LogP contribution in [0, 0.1) is 11.8 Å². The molecule has 2 aliphatic rings. The summed E-state index contributed by atoms with van der Waals surface area (Å²) in [6.07, 6.45) is 5.14. The molecular formula is C19H22N2O5. The van der Waals surface area contributed by atoms with Crippen LogP contribution < -0.4 is 14.8 Å². The third-order valence-electron chi connectivity index (χ3n) is 4.83. The molecule has 1 aliphatic carbocycles. The molecule has 7 heteroatoms. The average Bonchev–Trinajstić information content (AvgIpc) is 2.90. The molecule has 0 saturated carbocycles. The van der Waals surface area contributed by atoms with Gasteiger partial charge in [-0.2, -0.15) is 0 Å². The quantitative estimate of drug-likeness (QED) is 0.621. The van der Waals surface area contributed by atoms with Crippen molar-refractivity contribution in [1.29, 1.82) is 0 Å². The number of amides is 3. The highest BCUT2D eigenvalue weighted by atomic mass is 16.5. The molecular weight excluding hydrogens is 336 g/mol. The van der Waals surface area contributed by atoms with Gasteiger partial charge >= 0.3 is 0 Å². The molecule has 0 spiro atoms. The van der Waals surface area contributed by atoms with Crippen LogP contribution in [0.4, 0.5) is 5.69 Å². The van der Waals surface area contributed by atoms with Gasteiger partial charge in [-0.05, 0) is 25.0 Å². The molecule has 1 aromatic rings. The van der Waals surface area contributed by atoms with Crippen molar-refractivity contribution in [3.63, 3.8) is 0 Å². The normalized spacial score (nSPS) is 21.5. The number of imide groups is 1. The highest BCUT2D eigenvalue weighted by Gasteiger charge is 2.46. The predicted octanol–water partition coefficient (Wildman–Crippen LogP) is 1.98. The zero-order valence-electron chi connectivity index (χ0n) is 14.9. The van der Waals surface area contributed by atoms with E-state index in [4.69, 9.17) is 9.47 Å². The Morgan fingerprint density at radius 3 is 2.27 bits per heavy atom. The fourth-order valence-corrected chi connectivity index (χ4v) is 3.44. The molecule has 0 bridgehead atoms. The number of nitrogens with zero attached hydrogens (tertiary/aromatic N) is 1. The van der Waals surface area contributed by atoms with E-state index in [9.17, 15) is 14.4 Å². The van der Waals surface area contributed by atoms with Crippen molar-refractivity contribution in [3.8, 4) is 11.5 Å². The summed E-state index contributed by atoms with van der Waals surface area (Å²) in [5, 5.41) is 2.75. The van der Waals surface area contributed by atoms with Gasteiger partial charge in [0.1, 0.15) is 0 Å². The third-order valence-corrected chi connectivity index (χ3v) is 4.83. The Bertz CT molecular complexity index is 732. The lowest BCUT2D eigenvalue weighted by atomic mass is 9.85. The van der Waals surface area contributed by atoms with Gasteiger partial charge < -0.3 is 14.8 Å². The summed E-state index contributed by atoms with van der Waals surface area (Å²) in [7, 11) is 3.05. The van der Waals surface area contributed by atoms with E-state index >= 15 is 0 Å². The van der Waals surface area contributed by atoms with E-state index in [1.165, 1.54) is 19.1 Å². The van der Waals surface area contributed by atoms with Crippen molar-refractivity contribution in [1.82, 2.24) is 4.90 Å². The highest BCUT2D eigenvalue weighted by Crippen LogP contribution is 2.35. The molecule has 0 unspecified atom stereocenters. The Kier molecular flexibility index (Phi) is 5.25. The molecule has 1 aromatic carbocycles. The van der Waals surface area contributed by atoms with Crippen molar-refractivity contribution >= 4 is 23.4 Å². The van der Waals surface area contributed by atoms with Gasteiger partial charge in [-0.1, -0.05) is 12.2 Å². The summed E-state index contributed by atoms with van der Waals surface area (Å²) in [5.41, 5.74) is 0.560. The fourth-order valence-electron chi connectivity index (χ4n) is 3.44. The Labute approximate surface area is 151 Å². The number of rotatable bonds is 6. The second kappa shape index (κ2) is 7.59. The van der Waals surface area contributed by atoms with Crippen LogP contribution in [0.15, 0.2) is 30.4 Å². The van der Waals surface area contributed by atoms with Crippen molar-refractivity contribution in [3.05, 3.63) is 30.4 Å². The molecule has 1 aliphatic heterocycles. The molecule has 1 heterocycles. The predicted molar refractivity (Wildman–Crippen MR) is 94.9 cm³/mol. The van der Waals surface area contributed by atoms with Gasteiger partial charge in [0, 0.05) is 24.7 Å². The highest BCUT2D eigenvalue weighted by molar-refractivity contribution is 6.05. The lowest BCUT2D eigenvalue weighted by Crippen LogP contribution is -2.34. The van der Waals surface area contributed by atoms with Crippen molar-refractivity contribution < 1.29 is 23.9 Å². The molecule has 26 heavy (non-hydrogen) atoms. The van der Waals surface area contributed by atoms with E-state index in [2.05, 4.69) is 5.32 Å². The van der Waals surface area contributed by atoms with Crippen LogP contribution in [0.1, 0.15) is 19.3 Å². The molecule has 0 radical (unpaired) electrons. The number of benzene rings is 1. The van der Waals surface area contributed by atoms with E-state index in [1.54, 1.807) is 18.2 Å². The molecule has 3 amide bonds. The molecule has 1 N–H and O–H groups in total. The van der Waals surface area contributed by atoms with Gasteiger partial charge in [0.2, 0.25) is 17.7 Å². The largest absolute Gasteiger partial charge is 0.493 e. The number of carbonyl (C=O) groups is 3. The van der Waals surface area contributed by atoms with Crippen LogP contribution in [0.25, 0.3) is 0 Å². The SMILES string of the molecule is COc1ccc(NC(=O)CCN2C(=O)[C@H]3CC=CC[C@H]3C2=O)cc1OC. The molecule has 7 nitrogen and oxygen atoms in total. The Balaban J connectivity index is 1.58. The molecule has 1 fully saturated rings. The van der Waals surface area contributed by atoms with Crippen LogP contribution >= 0.6 is 0 Å². The molecule has 138 valence electrons. The fraction of sp³-hybridized carbons (Fsp3) is 0.421. The number of allylic oxidation sites excluding steroid dienone is 2. The average molecular weight is 358 g/mol. The molecule has 2 atom stereocenters. The molecule has 1 saturated heterocycles. The first-order chi connectivity index (χ1) is 12.5. The van der Waals surface area contributed by atoms with Gasteiger partial charge in [0.05, 0.1) is 26.1 Å². The minimum atomic E-state index is -0.272. The monoisotopic (exact) mass is 358 g/mol. The van der Waals surface area contributed by atoms with E-state index in [1.807, 2.05) is 12.2 Å². The number of carbonyl (C=O) groups excluding carboxylic acids is 3. The number of anilines is 1. The zero-order chi connectivity index (χ0) is 18.7. The number of methoxy groups -OCH3 is 2. The number of likely N-dealkylation sites (tertiary alicyclic amines) is 1. The standard InChI is InChI=1S/C19H22N2O5/c1-25-15-8-7-12(11-16(15)26-2)20-17(22)9-10-21-18(23)13-5-3-4-6-14(13)19(21)24/h3-4,7-8,11,13-14H,5-6,9-10H2,1-2H3,(H,20,22)/t13-,14+. The number of ether oxygens (including phenoxy) is 2. The lowest BCUT2D eigenvalue weighted by Gasteiger charge is -2.15. The third kappa shape index (κ3) is 3.42. The number of nitrogens with one attached hydrogen (secondary N) is 1. The maximum atomic E-state index is 12.4. The Hall–Kier alpha value is -2.83. The Morgan fingerprint density at radius 1 is 1.08 bits per heavy atom. The lowest BCUT2D eigenvalue weighted by molar-refractivity contribution is -0.140. The van der Waals surface area contributed by atoms with Crippen LogP contribution in [0.3, 0.4) is 0 Å². The van der Waals surface area contributed by atoms with Crippen LogP contribution in [0.2, 0.25) is 0 Å². The van der Waals surface area contributed by atoms with Gasteiger partial charge in [0.15, 0.2) is 11.5 Å². The van der Waals surface area contributed by atoms with Gasteiger partial charge in [-0.25, -0.2) is 0 Å². The van der Waals surface area contributed by atoms with Crippen LogP contribution in [-0.2, 0) is 14.4 Å². The number of hydrogen-bond donors (Lipinski definition) is 1. The van der Waals surface area contributed by atoms with E-state index in [0.29, 0.717) is 30.0 Å². The topological polar surface area (TPSA) is 84.9 Å². The zero-order valence-corrected chi connectivity index (χ0v) is 14.9. The maximum absolute atomic E-state index is 12.4. The molecule has 0 aromatic heterocycles. The summed E-state index contributed by atoms with van der Waals surface area (Å²) >= 11 is 0. The minimum Gasteiger partial charge on any atom is -0.493 e. The van der Waals surface area contributed by atoms with Crippen LogP contribution in [0.5, 0.6) is 11.5 Å². The Morgan fingerprint density at radius 2 is 1.69 bits per heavy atom. The van der Waals surface area contributed by atoms with Crippen molar-refractivity contribution in [2.75, 3.05) is 26.1 Å². The van der Waals surface area contributed by atoms with Crippen LogP contribution in [-0.4, -0.2) is 43.4 Å². The maximum Gasteiger partial charge on any atom is 0.233 e. The van der Waals surface area contributed by atoms with Crippen molar-refractivity contribution in [2.24, 2.45) is 11.8 Å². The van der Waals surface area contributed by atoms with E-state index < -0.39 is 0 Å². The summed E-state index contributed by atoms with van der Waals surface area (Å²) in [6.45, 7) is 0.101. The summed E-state index contributed by atoms with van der Waals surface area (Å²) in [6, 6.07) is 5.05. The van der Waals surface area contributed by atoms with E-state index in [0.717, 1.165) is 0 Å². The smallest absolute Gasteiger partial charge is 0.233 e. The van der Waals surface area contributed by atoms with Crippen molar-refractivity contribution in [2.45, 2.75) is 19.3 Å². The second-order valence-corrected chi connectivity index (χ2v) is 6.35.